The lowest BCUT2D eigenvalue weighted by molar-refractivity contribution is -0.125. The average molecular weight is 550 g/mol. The molecule has 0 saturated carbocycles. The number of anilines is 2. The molecule has 17 heteroatoms. The molecule has 0 aliphatic carbocycles. The van der Waals surface area contributed by atoms with Crippen LogP contribution in [0.4, 0.5) is 11.6 Å². The number of fused-ring (bicyclic) bond motifs is 2. The molecule has 2 amide bonds. The van der Waals surface area contributed by atoms with Gasteiger partial charge in [-0.1, -0.05) is 0 Å². The van der Waals surface area contributed by atoms with E-state index in [1.54, 1.807) is 12.7 Å². The van der Waals surface area contributed by atoms with E-state index in [4.69, 9.17) is 22.9 Å². The summed E-state index contributed by atoms with van der Waals surface area (Å²) in [6, 6.07) is -0.0967. The van der Waals surface area contributed by atoms with Gasteiger partial charge in [-0.2, -0.15) is 0 Å². The minimum absolute atomic E-state index is 0.00110. The molecule has 6 rings (SSSR count). The molecule has 0 bridgehead atoms. The monoisotopic (exact) mass is 549 g/mol. The molecule has 40 heavy (non-hydrogen) atoms. The van der Waals surface area contributed by atoms with E-state index >= 15 is 0 Å². The lowest BCUT2D eigenvalue weighted by Crippen LogP contribution is -2.50. The molecule has 4 unspecified atom stereocenters. The van der Waals surface area contributed by atoms with E-state index in [1.165, 1.54) is 12.7 Å². The molecule has 4 aromatic heterocycles. The van der Waals surface area contributed by atoms with E-state index in [2.05, 4.69) is 40.1 Å². The van der Waals surface area contributed by atoms with Gasteiger partial charge in [-0.15, -0.1) is 0 Å². The van der Waals surface area contributed by atoms with Gasteiger partial charge in [0.15, 0.2) is 22.9 Å². The van der Waals surface area contributed by atoms with Crippen LogP contribution < -0.4 is 28.3 Å². The second-order valence-electron chi connectivity index (χ2n) is 10.2. The summed E-state index contributed by atoms with van der Waals surface area (Å²) in [7, 11) is 0. The molecule has 17 nitrogen and oxygen atoms in total. The van der Waals surface area contributed by atoms with Gasteiger partial charge in [0.2, 0.25) is 11.8 Å². The van der Waals surface area contributed by atoms with Gasteiger partial charge in [-0.25, -0.2) is 29.9 Å². The largest absolute Gasteiger partial charge is 0.382 e. The Hall–Kier alpha value is -4.48. The Bertz CT molecular complexity index is 1570. The van der Waals surface area contributed by atoms with Crippen molar-refractivity contribution in [3.05, 3.63) is 25.3 Å². The highest BCUT2D eigenvalue weighted by atomic mass is 16.2. The van der Waals surface area contributed by atoms with Crippen molar-refractivity contribution in [3.63, 3.8) is 0 Å². The first-order valence-corrected chi connectivity index (χ1v) is 12.9. The van der Waals surface area contributed by atoms with Gasteiger partial charge in [-0.05, 0) is 6.42 Å². The lowest BCUT2D eigenvalue weighted by atomic mass is 10.1. The van der Waals surface area contributed by atoms with E-state index in [1.807, 2.05) is 14.0 Å². The Kier molecular flexibility index (Phi) is 6.60. The normalized spacial score (nSPS) is 23.8. The van der Waals surface area contributed by atoms with Crippen molar-refractivity contribution in [3.8, 4) is 0 Å². The average Bonchev–Trinajstić information content (AvgIpc) is 3.69. The molecule has 2 aliphatic rings. The number of hydrogen-bond donors (Lipinski definition) is 5. The van der Waals surface area contributed by atoms with Crippen molar-refractivity contribution < 1.29 is 9.59 Å². The predicted molar refractivity (Wildman–Crippen MR) is 144 cm³/mol. The summed E-state index contributed by atoms with van der Waals surface area (Å²) in [4.78, 5) is 54.4. The number of nitrogens with zero attached hydrogens (tertiary/aromatic N) is 10. The number of nitrogens with one attached hydrogen (secondary N) is 1. The number of rotatable bonds is 8. The molecule has 210 valence electrons. The van der Waals surface area contributed by atoms with Crippen LogP contribution in [0.25, 0.3) is 22.3 Å². The molecule has 0 spiro atoms. The van der Waals surface area contributed by atoms with Crippen LogP contribution in [0.5, 0.6) is 0 Å². The molecule has 4 aromatic rings. The van der Waals surface area contributed by atoms with Crippen LogP contribution >= 0.6 is 0 Å². The minimum atomic E-state index is -0.482. The zero-order valence-electron chi connectivity index (χ0n) is 21.7. The van der Waals surface area contributed by atoms with Crippen LogP contribution in [0.1, 0.15) is 24.9 Å². The van der Waals surface area contributed by atoms with Gasteiger partial charge in [-0.3, -0.25) is 19.4 Å². The van der Waals surface area contributed by atoms with Gasteiger partial charge in [0, 0.05) is 32.1 Å². The van der Waals surface area contributed by atoms with Crippen LogP contribution in [-0.2, 0) is 9.59 Å². The maximum Gasteiger partial charge on any atom is 0.235 e. The zero-order valence-corrected chi connectivity index (χ0v) is 21.7. The molecule has 0 aromatic carbocycles. The summed E-state index contributed by atoms with van der Waals surface area (Å²) in [5, 5.41) is 3.09. The van der Waals surface area contributed by atoms with Gasteiger partial charge in [0.05, 0.1) is 44.0 Å². The summed E-state index contributed by atoms with van der Waals surface area (Å²) in [5.74, 6) is -0.0465. The maximum absolute atomic E-state index is 13.3. The fourth-order valence-corrected chi connectivity index (χ4v) is 5.89. The molecular formula is C23H31N15O2. The molecule has 2 fully saturated rings. The summed E-state index contributed by atoms with van der Waals surface area (Å²) in [6.45, 7) is 1.60. The second kappa shape index (κ2) is 10.2. The number of aromatic nitrogens is 8. The molecule has 9 N–H and O–H groups in total. The number of amides is 2. The number of imidazole rings is 2. The van der Waals surface area contributed by atoms with Gasteiger partial charge >= 0.3 is 0 Å². The first-order valence-electron chi connectivity index (χ1n) is 12.9. The fourth-order valence-electron chi connectivity index (χ4n) is 5.89. The third kappa shape index (κ3) is 4.63. The highest BCUT2D eigenvalue weighted by Crippen LogP contribution is 2.31. The topological polar surface area (TPSA) is 244 Å². The van der Waals surface area contributed by atoms with Crippen LogP contribution in [-0.4, -0.2) is 106 Å². The Labute approximate surface area is 227 Å². The number of hydrogen-bond acceptors (Lipinski definition) is 13. The number of nitrogens with two attached hydrogens (primary N) is 4. The van der Waals surface area contributed by atoms with Crippen molar-refractivity contribution >= 4 is 45.8 Å². The molecule has 6 heterocycles. The van der Waals surface area contributed by atoms with Crippen molar-refractivity contribution in [1.82, 2.24) is 54.2 Å². The minimum Gasteiger partial charge on any atom is -0.382 e. The number of nitrogen functional groups attached to an aromatic ring is 2. The number of likely N-dealkylation sites (tertiary alicyclic amines) is 2. The summed E-state index contributed by atoms with van der Waals surface area (Å²) < 4.78 is 3.87. The first-order chi connectivity index (χ1) is 19.3. The number of carbonyl (C=O) groups is 2. The predicted octanol–water partition coefficient (Wildman–Crippen LogP) is -2.42. The molecule has 2 saturated heterocycles. The van der Waals surface area contributed by atoms with Gasteiger partial charge in [0.1, 0.15) is 23.7 Å². The van der Waals surface area contributed by atoms with Crippen LogP contribution in [0.2, 0.25) is 0 Å². The summed E-state index contributed by atoms with van der Waals surface area (Å²) in [6.07, 6.45) is 7.01. The molecule has 4 atom stereocenters. The van der Waals surface area contributed by atoms with E-state index in [0.717, 1.165) is 6.42 Å². The van der Waals surface area contributed by atoms with E-state index in [0.29, 0.717) is 60.0 Å². The van der Waals surface area contributed by atoms with Crippen molar-refractivity contribution in [2.75, 3.05) is 44.2 Å². The Balaban J connectivity index is 1.15. The number of carbonyl (C=O) groups excluding carboxylic acids is 2. The summed E-state index contributed by atoms with van der Waals surface area (Å²) >= 11 is 0. The molecule has 2 aliphatic heterocycles. The maximum atomic E-state index is 13.3. The second-order valence-corrected chi connectivity index (χ2v) is 10.2. The summed E-state index contributed by atoms with van der Waals surface area (Å²) in [5.41, 5.74) is 25.8. The van der Waals surface area contributed by atoms with E-state index in [-0.39, 0.29) is 37.1 Å². The molecular weight excluding hydrogens is 518 g/mol. The third-order valence-corrected chi connectivity index (χ3v) is 7.75. The Morgan fingerprint density at radius 3 is 1.98 bits per heavy atom. The van der Waals surface area contributed by atoms with E-state index in [9.17, 15) is 9.59 Å². The van der Waals surface area contributed by atoms with Crippen molar-refractivity contribution in [2.45, 2.75) is 37.1 Å². The molecule has 0 radical (unpaired) electrons. The van der Waals surface area contributed by atoms with E-state index < -0.39 is 12.1 Å². The van der Waals surface area contributed by atoms with Gasteiger partial charge < -0.3 is 37.4 Å². The Morgan fingerprint density at radius 1 is 0.825 bits per heavy atom. The van der Waals surface area contributed by atoms with Crippen LogP contribution in [0.3, 0.4) is 0 Å². The van der Waals surface area contributed by atoms with Crippen LogP contribution in [0.15, 0.2) is 25.3 Å². The van der Waals surface area contributed by atoms with Crippen molar-refractivity contribution in [2.24, 2.45) is 11.5 Å². The van der Waals surface area contributed by atoms with Gasteiger partial charge in [0.25, 0.3) is 0 Å². The fraction of sp³-hybridized carbons (Fsp3) is 0.478. The smallest absolute Gasteiger partial charge is 0.235 e. The van der Waals surface area contributed by atoms with Crippen LogP contribution in [0, 0.1) is 0 Å². The zero-order chi connectivity index (χ0) is 28.0. The highest BCUT2D eigenvalue weighted by molar-refractivity contribution is 5.82. The SMILES string of the molecule is NCC1CC(n2cnc3c(N)ncnc32)CN1CC(=O)NC1CC(n2cnc3c(N)ncnc32)CN1CC(N)=O. The third-order valence-electron chi connectivity index (χ3n) is 7.75. The number of primary amides is 1. The standard InChI is InChI=1S/C23H31N15O2/c24-3-12-1-13(37-10-32-18-20(26)28-8-30-22(18)37)4-35(12)7-17(40)34-16-2-14(5-36(16)6-15(25)39)38-11-33-19-21(27)29-9-31-23(19)38/h8-14,16H,1-7,24H2,(H2,25,39)(H,34,40)(H2,26,28,30)(H2,27,29,31). The van der Waals surface area contributed by atoms with Crippen molar-refractivity contribution in [1.29, 1.82) is 0 Å². The lowest BCUT2D eigenvalue weighted by Gasteiger charge is -2.26. The quantitative estimate of drug-likeness (QED) is 0.154. The Morgan fingerprint density at radius 2 is 1.40 bits per heavy atom. The highest BCUT2D eigenvalue weighted by Gasteiger charge is 2.38. The first kappa shape index (κ1) is 25.8.